The lowest BCUT2D eigenvalue weighted by atomic mass is 9.73. The number of hydrogen-bond acceptors (Lipinski definition) is 6. The second kappa shape index (κ2) is 6.44. The molecule has 26 heavy (non-hydrogen) atoms. The number of carbonyl (C=O) groups is 3. The van der Waals surface area contributed by atoms with Crippen molar-refractivity contribution in [3.63, 3.8) is 0 Å². The molecule has 0 aromatic heterocycles. The van der Waals surface area contributed by atoms with Crippen molar-refractivity contribution in [2.45, 2.75) is 19.3 Å². The molecule has 0 N–H and O–H groups in total. The fourth-order valence-electron chi connectivity index (χ4n) is 3.94. The summed E-state index contributed by atoms with van der Waals surface area (Å²) >= 11 is 0. The van der Waals surface area contributed by atoms with Gasteiger partial charge >= 0.3 is 17.9 Å². The first-order valence-electron chi connectivity index (χ1n) is 8.68. The van der Waals surface area contributed by atoms with Gasteiger partial charge in [0.15, 0.2) is 5.92 Å². The van der Waals surface area contributed by atoms with Crippen LogP contribution >= 0.6 is 0 Å². The van der Waals surface area contributed by atoms with Crippen molar-refractivity contribution in [3.8, 4) is 5.75 Å². The van der Waals surface area contributed by atoms with Gasteiger partial charge in [-0.2, -0.15) is 0 Å². The maximum absolute atomic E-state index is 12.6. The average molecular weight is 354 g/mol. The molecule has 6 nitrogen and oxygen atoms in total. The number of benzene rings is 2. The van der Waals surface area contributed by atoms with Crippen molar-refractivity contribution in [1.29, 1.82) is 0 Å². The van der Waals surface area contributed by atoms with Gasteiger partial charge < -0.3 is 14.2 Å². The third-order valence-corrected chi connectivity index (χ3v) is 5.04. The van der Waals surface area contributed by atoms with Crippen molar-refractivity contribution in [2.24, 2.45) is 11.8 Å². The Labute approximate surface area is 150 Å². The molecule has 3 atom stereocenters. The Kier molecular flexibility index (Phi) is 4.11. The molecular formula is C20H18O6. The SMILES string of the molecule is CCOC(=O)[C@@H]1C(=O)Oc2ccc3ccccc3c2[C@H]1[C@H]1CCOC1=O. The Hall–Kier alpha value is -2.89. The second-order valence-corrected chi connectivity index (χ2v) is 6.44. The van der Waals surface area contributed by atoms with Crippen LogP contribution in [0.1, 0.15) is 24.8 Å². The maximum atomic E-state index is 12.6. The average Bonchev–Trinajstić information content (AvgIpc) is 3.06. The lowest BCUT2D eigenvalue weighted by Gasteiger charge is -2.33. The Morgan fingerprint density at radius 3 is 2.69 bits per heavy atom. The predicted octanol–water partition coefficient (Wildman–Crippen LogP) is 2.58. The molecule has 6 heteroatoms. The lowest BCUT2D eigenvalue weighted by Crippen LogP contribution is -2.42. The minimum Gasteiger partial charge on any atom is -0.465 e. The first kappa shape index (κ1) is 16.6. The molecule has 4 rings (SSSR count). The predicted molar refractivity (Wildman–Crippen MR) is 91.5 cm³/mol. The molecule has 0 saturated carbocycles. The third-order valence-electron chi connectivity index (χ3n) is 5.04. The third kappa shape index (κ3) is 2.53. The summed E-state index contributed by atoms with van der Waals surface area (Å²) in [6, 6.07) is 11.2. The second-order valence-electron chi connectivity index (χ2n) is 6.44. The van der Waals surface area contributed by atoms with Crippen LogP contribution in [0.25, 0.3) is 10.8 Å². The zero-order valence-corrected chi connectivity index (χ0v) is 14.3. The molecule has 2 aliphatic rings. The highest BCUT2D eigenvalue weighted by Gasteiger charge is 2.51. The van der Waals surface area contributed by atoms with Crippen molar-refractivity contribution in [1.82, 2.24) is 0 Å². The summed E-state index contributed by atoms with van der Waals surface area (Å²) in [4.78, 5) is 37.5. The number of carbonyl (C=O) groups excluding carboxylic acids is 3. The van der Waals surface area contributed by atoms with Crippen LogP contribution in [-0.2, 0) is 23.9 Å². The van der Waals surface area contributed by atoms with Crippen molar-refractivity contribution in [3.05, 3.63) is 42.0 Å². The molecule has 2 aliphatic heterocycles. The summed E-state index contributed by atoms with van der Waals surface area (Å²) in [7, 11) is 0. The Bertz CT molecular complexity index is 902. The summed E-state index contributed by atoms with van der Waals surface area (Å²) in [5.74, 6) is -3.77. The molecule has 0 amide bonds. The number of esters is 3. The highest BCUT2D eigenvalue weighted by molar-refractivity contribution is 6.02. The van der Waals surface area contributed by atoms with Gasteiger partial charge in [-0.3, -0.25) is 14.4 Å². The lowest BCUT2D eigenvalue weighted by molar-refractivity contribution is -0.160. The maximum Gasteiger partial charge on any atom is 0.326 e. The minimum absolute atomic E-state index is 0.146. The van der Waals surface area contributed by atoms with E-state index in [9.17, 15) is 14.4 Å². The van der Waals surface area contributed by atoms with Crippen molar-refractivity contribution in [2.75, 3.05) is 13.2 Å². The van der Waals surface area contributed by atoms with Gasteiger partial charge in [0.2, 0.25) is 0 Å². The van der Waals surface area contributed by atoms with E-state index in [4.69, 9.17) is 14.2 Å². The summed E-state index contributed by atoms with van der Waals surface area (Å²) in [5.41, 5.74) is 0.699. The van der Waals surface area contributed by atoms with Crippen LogP contribution in [0.5, 0.6) is 5.75 Å². The molecular weight excluding hydrogens is 336 g/mol. The van der Waals surface area contributed by atoms with E-state index < -0.39 is 35.7 Å². The number of cyclic esters (lactones) is 1. The van der Waals surface area contributed by atoms with Crippen molar-refractivity contribution >= 4 is 28.7 Å². The Balaban J connectivity index is 1.94. The monoisotopic (exact) mass is 354 g/mol. The number of fused-ring (bicyclic) bond motifs is 3. The van der Waals surface area contributed by atoms with Crippen LogP contribution < -0.4 is 4.74 Å². The van der Waals surface area contributed by atoms with Gasteiger partial charge in [0.05, 0.1) is 19.1 Å². The molecule has 0 bridgehead atoms. The van der Waals surface area contributed by atoms with E-state index in [2.05, 4.69) is 0 Å². The van der Waals surface area contributed by atoms with Crippen LogP contribution in [0.4, 0.5) is 0 Å². The largest absolute Gasteiger partial charge is 0.465 e. The zero-order chi connectivity index (χ0) is 18.3. The molecule has 1 fully saturated rings. The van der Waals surface area contributed by atoms with Gasteiger partial charge in [0.25, 0.3) is 0 Å². The first-order chi connectivity index (χ1) is 12.6. The van der Waals surface area contributed by atoms with E-state index in [0.717, 1.165) is 10.8 Å². The standard InChI is InChI=1S/C20H18O6/c1-2-24-19(22)17-16(13-9-10-25-18(13)21)15-12-6-4-3-5-11(12)7-8-14(15)26-20(17)23/h3-8,13,16-17H,2,9-10H2,1H3/t13-,16-,17-/m1/s1. The fourth-order valence-corrected chi connectivity index (χ4v) is 3.94. The molecule has 0 radical (unpaired) electrons. The molecule has 2 aromatic rings. The van der Waals surface area contributed by atoms with E-state index in [-0.39, 0.29) is 13.2 Å². The molecule has 0 aliphatic carbocycles. The van der Waals surface area contributed by atoms with Crippen LogP contribution in [0.3, 0.4) is 0 Å². The van der Waals surface area contributed by atoms with Crippen LogP contribution in [0.2, 0.25) is 0 Å². The summed E-state index contributed by atoms with van der Waals surface area (Å²) < 4.78 is 15.7. The Morgan fingerprint density at radius 2 is 1.96 bits per heavy atom. The quantitative estimate of drug-likeness (QED) is 0.479. The van der Waals surface area contributed by atoms with Crippen LogP contribution in [-0.4, -0.2) is 31.1 Å². The minimum atomic E-state index is -1.18. The van der Waals surface area contributed by atoms with Gasteiger partial charge in [-0.05, 0) is 30.2 Å². The van der Waals surface area contributed by atoms with E-state index in [1.807, 2.05) is 30.3 Å². The summed E-state index contributed by atoms with van der Waals surface area (Å²) in [5, 5.41) is 1.81. The van der Waals surface area contributed by atoms with Crippen LogP contribution in [0, 0.1) is 11.8 Å². The van der Waals surface area contributed by atoms with Gasteiger partial charge in [-0.25, -0.2) is 0 Å². The molecule has 0 spiro atoms. The fraction of sp³-hybridized carbons (Fsp3) is 0.350. The molecule has 2 heterocycles. The van der Waals surface area contributed by atoms with Gasteiger partial charge in [0.1, 0.15) is 5.75 Å². The summed E-state index contributed by atoms with van der Waals surface area (Å²) in [6.45, 7) is 2.10. The Morgan fingerprint density at radius 1 is 1.15 bits per heavy atom. The molecule has 134 valence electrons. The number of hydrogen-bond donors (Lipinski definition) is 0. The van der Waals surface area contributed by atoms with E-state index in [1.165, 1.54) is 0 Å². The van der Waals surface area contributed by atoms with Crippen LogP contribution in [0.15, 0.2) is 36.4 Å². The summed E-state index contributed by atoms with van der Waals surface area (Å²) in [6.07, 6.45) is 0.454. The first-order valence-corrected chi connectivity index (χ1v) is 8.68. The van der Waals surface area contributed by atoms with E-state index >= 15 is 0 Å². The molecule has 0 unspecified atom stereocenters. The normalized spacial score (nSPS) is 24.7. The molecule has 1 saturated heterocycles. The highest BCUT2D eigenvalue weighted by Crippen LogP contribution is 2.48. The van der Waals surface area contributed by atoms with E-state index in [0.29, 0.717) is 17.7 Å². The van der Waals surface area contributed by atoms with E-state index in [1.54, 1.807) is 13.0 Å². The highest BCUT2D eigenvalue weighted by atomic mass is 16.6. The van der Waals surface area contributed by atoms with Gasteiger partial charge in [-0.15, -0.1) is 0 Å². The topological polar surface area (TPSA) is 78.9 Å². The van der Waals surface area contributed by atoms with Gasteiger partial charge in [0, 0.05) is 11.5 Å². The zero-order valence-electron chi connectivity index (χ0n) is 14.3. The molecule has 2 aromatic carbocycles. The number of ether oxygens (including phenoxy) is 3. The van der Waals surface area contributed by atoms with Crippen molar-refractivity contribution < 1.29 is 28.6 Å². The smallest absolute Gasteiger partial charge is 0.326 e. The van der Waals surface area contributed by atoms with Gasteiger partial charge in [-0.1, -0.05) is 30.3 Å². The number of rotatable bonds is 3.